The summed E-state index contributed by atoms with van der Waals surface area (Å²) >= 11 is 0. The van der Waals surface area contributed by atoms with Gasteiger partial charge in [0.15, 0.2) is 11.3 Å². The molecule has 0 atom stereocenters. The summed E-state index contributed by atoms with van der Waals surface area (Å²) in [5.41, 5.74) is 7.14. The van der Waals surface area contributed by atoms with E-state index >= 15 is 0 Å². The molecule has 0 aliphatic carbocycles. The van der Waals surface area contributed by atoms with Crippen molar-refractivity contribution in [2.75, 3.05) is 7.11 Å². The van der Waals surface area contributed by atoms with Crippen LogP contribution in [0.3, 0.4) is 0 Å². The summed E-state index contributed by atoms with van der Waals surface area (Å²) in [4.78, 5) is 16.5. The van der Waals surface area contributed by atoms with Crippen LogP contribution < -0.4 is 16.0 Å². The van der Waals surface area contributed by atoms with Crippen LogP contribution in [0.15, 0.2) is 76.1 Å². The molecule has 0 saturated carbocycles. The predicted octanol–water partition coefficient (Wildman–Crippen LogP) is 3.93. The number of nitrogens with two attached hydrogens (primary N) is 1. The van der Waals surface area contributed by atoms with Crippen molar-refractivity contribution in [3.63, 3.8) is 0 Å². The third kappa shape index (κ3) is 2.69. The lowest BCUT2D eigenvalue weighted by Crippen LogP contribution is -2.21. The highest BCUT2D eigenvalue weighted by Gasteiger charge is 2.12. The zero-order valence-electron chi connectivity index (χ0n) is 14.1. The number of rotatable bonds is 3. The molecule has 26 heavy (non-hydrogen) atoms. The molecule has 0 fully saturated rings. The smallest absolute Gasteiger partial charge is 0.254 e. The molecule has 0 radical (unpaired) electrons. The average molecular weight is 344 g/mol. The number of hydrogen-bond acceptors (Lipinski definition) is 4. The largest absolute Gasteiger partial charge is 0.493 e. The molecule has 4 rings (SSSR count). The summed E-state index contributed by atoms with van der Waals surface area (Å²) in [6.45, 7) is 0. The van der Waals surface area contributed by atoms with Gasteiger partial charge in [-0.05, 0) is 23.6 Å². The minimum absolute atomic E-state index is 0.158. The Hall–Kier alpha value is -3.60. The summed E-state index contributed by atoms with van der Waals surface area (Å²) in [6, 6.07) is 20.8. The first kappa shape index (κ1) is 15.9. The molecular formula is C21H16N2O3. The van der Waals surface area contributed by atoms with Crippen LogP contribution in [0.5, 0.6) is 5.75 Å². The molecule has 0 bridgehead atoms. The van der Waals surface area contributed by atoms with Gasteiger partial charge in [0, 0.05) is 10.8 Å². The first-order valence-corrected chi connectivity index (χ1v) is 8.10. The van der Waals surface area contributed by atoms with Gasteiger partial charge in [0.25, 0.3) is 5.91 Å². The van der Waals surface area contributed by atoms with E-state index in [1.165, 1.54) is 0 Å². The van der Waals surface area contributed by atoms with E-state index in [1.807, 2.05) is 54.6 Å². The lowest BCUT2D eigenvalue weighted by atomic mass is 10.1. The van der Waals surface area contributed by atoms with Crippen molar-refractivity contribution in [3.05, 3.63) is 77.8 Å². The Bertz CT molecular complexity index is 1200. The maximum atomic E-state index is 11.9. The zero-order chi connectivity index (χ0) is 18.1. The van der Waals surface area contributed by atoms with Gasteiger partial charge in [0.05, 0.1) is 12.8 Å². The summed E-state index contributed by atoms with van der Waals surface area (Å²) in [5, 5.41) is 2.73. The monoisotopic (exact) mass is 344 g/mol. The normalized spacial score (nSPS) is 11.8. The zero-order valence-corrected chi connectivity index (χ0v) is 14.1. The highest BCUT2D eigenvalue weighted by atomic mass is 16.5. The Morgan fingerprint density at radius 2 is 1.73 bits per heavy atom. The van der Waals surface area contributed by atoms with Crippen LogP contribution in [0.4, 0.5) is 5.69 Å². The quantitative estimate of drug-likeness (QED) is 0.612. The average Bonchev–Trinajstić information content (AvgIpc) is 2.67. The fraction of sp³-hybridized carbons (Fsp3) is 0.0476. The minimum Gasteiger partial charge on any atom is -0.493 e. The Morgan fingerprint density at radius 3 is 2.54 bits per heavy atom. The number of para-hydroxylation sites is 1. The van der Waals surface area contributed by atoms with E-state index in [9.17, 15) is 4.79 Å². The van der Waals surface area contributed by atoms with E-state index in [0.717, 1.165) is 16.2 Å². The van der Waals surface area contributed by atoms with E-state index in [2.05, 4.69) is 4.99 Å². The highest BCUT2D eigenvalue weighted by Crippen LogP contribution is 2.27. The van der Waals surface area contributed by atoms with Crippen LogP contribution in [0.25, 0.3) is 21.7 Å². The van der Waals surface area contributed by atoms with Crippen molar-refractivity contribution in [1.82, 2.24) is 0 Å². The molecule has 3 aromatic carbocycles. The van der Waals surface area contributed by atoms with Crippen LogP contribution in [-0.4, -0.2) is 13.0 Å². The van der Waals surface area contributed by atoms with Gasteiger partial charge < -0.3 is 14.9 Å². The number of hydrogen-bond donors (Lipinski definition) is 1. The second kappa shape index (κ2) is 6.37. The summed E-state index contributed by atoms with van der Waals surface area (Å²) in [6.07, 6.45) is 0. The molecule has 0 aliphatic heterocycles. The second-order valence-corrected chi connectivity index (χ2v) is 5.82. The fourth-order valence-electron chi connectivity index (χ4n) is 2.96. The Kier molecular flexibility index (Phi) is 3.89. The molecule has 4 aromatic rings. The van der Waals surface area contributed by atoms with Crippen molar-refractivity contribution >= 4 is 33.3 Å². The molecular weight excluding hydrogens is 328 g/mol. The first-order valence-electron chi connectivity index (χ1n) is 8.10. The van der Waals surface area contributed by atoms with Gasteiger partial charge in [-0.1, -0.05) is 48.5 Å². The fourth-order valence-corrected chi connectivity index (χ4v) is 2.96. The molecule has 0 aliphatic rings. The lowest BCUT2D eigenvalue weighted by molar-refractivity contribution is 0.0996. The molecule has 5 nitrogen and oxygen atoms in total. The second-order valence-electron chi connectivity index (χ2n) is 5.82. The highest BCUT2D eigenvalue weighted by molar-refractivity contribution is 5.97. The van der Waals surface area contributed by atoms with Crippen LogP contribution in [-0.2, 0) is 0 Å². The van der Waals surface area contributed by atoms with Crippen LogP contribution >= 0.6 is 0 Å². The van der Waals surface area contributed by atoms with Crippen molar-refractivity contribution in [1.29, 1.82) is 0 Å². The number of methoxy groups -OCH3 is 1. The topological polar surface area (TPSA) is 77.8 Å². The van der Waals surface area contributed by atoms with Gasteiger partial charge >= 0.3 is 0 Å². The van der Waals surface area contributed by atoms with Crippen LogP contribution in [0.1, 0.15) is 10.4 Å². The third-order valence-electron chi connectivity index (χ3n) is 4.21. The molecule has 1 aromatic heterocycles. The number of benzene rings is 3. The van der Waals surface area contributed by atoms with Crippen molar-refractivity contribution in [2.24, 2.45) is 10.7 Å². The van der Waals surface area contributed by atoms with Crippen LogP contribution in [0, 0.1) is 0 Å². The van der Waals surface area contributed by atoms with Crippen molar-refractivity contribution < 1.29 is 13.9 Å². The predicted molar refractivity (Wildman–Crippen MR) is 100 cm³/mol. The maximum absolute atomic E-state index is 11.9. The molecule has 1 amide bonds. The Balaban J connectivity index is 2.07. The van der Waals surface area contributed by atoms with Crippen LogP contribution in [0.2, 0.25) is 0 Å². The SMILES string of the molecule is COc1cccc2cc(C(N)=O)c(=Nc3cccc4ccccc34)oc12. The standard InChI is InChI=1S/C21H16N2O3/c1-25-18-11-5-8-14-12-16(20(22)24)21(26-19(14)18)23-17-10-4-7-13-6-2-3-9-15(13)17/h2-12H,1H3,(H2,22,24). The van der Waals surface area contributed by atoms with Crippen molar-refractivity contribution in [3.8, 4) is 5.75 Å². The number of fused-ring (bicyclic) bond motifs is 2. The van der Waals surface area contributed by atoms with E-state index in [1.54, 1.807) is 19.2 Å². The maximum Gasteiger partial charge on any atom is 0.254 e. The first-order chi connectivity index (χ1) is 12.7. The Morgan fingerprint density at radius 1 is 1.00 bits per heavy atom. The molecule has 1 heterocycles. The van der Waals surface area contributed by atoms with E-state index in [-0.39, 0.29) is 11.1 Å². The van der Waals surface area contributed by atoms with E-state index in [0.29, 0.717) is 17.0 Å². The number of amides is 1. The molecule has 5 heteroatoms. The van der Waals surface area contributed by atoms with Gasteiger partial charge in [-0.15, -0.1) is 0 Å². The minimum atomic E-state index is -0.600. The number of nitrogens with zero attached hydrogens (tertiary/aromatic N) is 1. The number of carbonyl (C=O) groups excluding carboxylic acids is 1. The van der Waals surface area contributed by atoms with Crippen molar-refractivity contribution in [2.45, 2.75) is 0 Å². The molecule has 2 N–H and O–H groups in total. The van der Waals surface area contributed by atoms with E-state index in [4.69, 9.17) is 14.9 Å². The van der Waals surface area contributed by atoms with Gasteiger partial charge in [0.1, 0.15) is 5.56 Å². The summed E-state index contributed by atoms with van der Waals surface area (Å²) < 4.78 is 11.3. The number of carbonyl (C=O) groups is 1. The third-order valence-corrected chi connectivity index (χ3v) is 4.21. The molecule has 0 unspecified atom stereocenters. The Labute approximate surface area is 149 Å². The van der Waals surface area contributed by atoms with Gasteiger partial charge in [-0.3, -0.25) is 4.79 Å². The molecule has 0 spiro atoms. The van der Waals surface area contributed by atoms with E-state index < -0.39 is 5.91 Å². The van der Waals surface area contributed by atoms with Gasteiger partial charge in [-0.25, -0.2) is 4.99 Å². The summed E-state index contributed by atoms with van der Waals surface area (Å²) in [7, 11) is 1.56. The van der Waals surface area contributed by atoms with Gasteiger partial charge in [-0.2, -0.15) is 0 Å². The number of primary amides is 1. The summed E-state index contributed by atoms with van der Waals surface area (Å²) in [5.74, 6) is -0.0367. The number of ether oxygens (including phenoxy) is 1. The molecule has 128 valence electrons. The molecule has 0 saturated heterocycles. The van der Waals surface area contributed by atoms with Gasteiger partial charge in [0.2, 0.25) is 5.55 Å². The lowest BCUT2D eigenvalue weighted by Gasteiger charge is -2.06.